The van der Waals surface area contributed by atoms with Crippen LogP contribution in [0.15, 0.2) is 18.2 Å². The highest BCUT2D eigenvalue weighted by Gasteiger charge is 2.36. The highest BCUT2D eigenvalue weighted by Crippen LogP contribution is 2.37. The third kappa shape index (κ3) is 3.83. The van der Waals surface area contributed by atoms with Crippen molar-refractivity contribution in [2.75, 3.05) is 18.9 Å². The van der Waals surface area contributed by atoms with Crippen LogP contribution in [0.4, 0.5) is 18.9 Å². The van der Waals surface area contributed by atoms with Crippen LogP contribution in [0.3, 0.4) is 0 Å². The quantitative estimate of drug-likeness (QED) is 0.863. The second kappa shape index (κ2) is 6.05. The number of hydrogen-bond donors (Lipinski definition) is 1. The third-order valence-electron chi connectivity index (χ3n) is 4.24. The summed E-state index contributed by atoms with van der Waals surface area (Å²) < 4.78 is 39.3. The molecule has 1 heterocycles. The van der Waals surface area contributed by atoms with Crippen LogP contribution >= 0.6 is 11.6 Å². The zero-order chi connectivity index (χ0) is 15.8. The Morgan fingerprint density at radius 1 is 1.29 bits per heavy atom. The zero-order valence-corrected chi connectivity index (χ0v) is 13.1. The number of halogens is 4. The Morgan fingerprint density at radius 2 is 1.95 bits per heavy atom. The summed E-state index contributed by atoms with van der Waals surface area (Å²) >= 11 is 5.70. The van der Waals surface area contributed by atoms with Crippen LogP contribution in [0.1, 0.15) is 25.8 Å². The highest BCUT2D eigenvalue weighted by molar-refractivity contribution is 6.30. The zero-order valence-electron chi connectivity index (χ0n) is 12.3. The van der Waals surface area contributed by atoms with Crippen LogP contribution in [0.5, 0.6) is 0 Å². The summed E-state index contributed by atoms with van der Waals surface area (Å²) in [5.41, 5.74) is -0.589. The molecule has 0 spiro atoms. The lowest BCUT2D eigenvalue weighted by Crippen LogP contribution is -2.48. The Kier molecular flexibility index (Phi) is 4.73. The molecule has 1 saturated heterocycles. The van der Waals surface area contributed by atoms with Crippen LogP contribution in [0.25, 0.3) is 0 Å². The minimum absolute atomic E-state index is 0.0264. The topological polar surface area (TPSA) is 15.3 Å². The van der Waals surface area contributed by atoms with Crippen LogP contribution in [-0.4, -0.2) is 30.6 Å². The van der Waals surface area contributed by atoms with Crippen molar-refractivity contribution in [2.45, 2.75) is 38.5 Å². The number of piperidine rings is 1. The van der Waals surface area contributed by atoms with Gasteiger partial charge in [-0.2, -0.15) is 13.2 Å². The third-order valence-corrected chi connectivity index (χ3v) is 4.47. The smallest absolute Gasteiger partial charge is 0.381 e. The molecule has 6 heteroatoms. The SMILES string of the molecule is CC1CN(C)C(C)CC1Nc1ccc(Cl)cc1C(F)(F)F. The molecular formula is C15H20ClF3N2. The number of benzene rings is 1. The molecule has 1 aromatic carbocycles. The van der Waals surface area contributed by atoms with E-state index in [-0.39, 0.29) is 22.7 Å². The number of nitrogens with one attached hydrogen (secondary N) is 1. The first-order valence-corrected chi connectivity index (χ1v) is 7.40. The fourth-order valence-corrected chi connectivity index (χ4v) is 2.99. The van der Waals surface area contributed by atoms with Crippen molar-refractivity contribution >= 4 is 17.3 Å². The first-order chi connectivity index (χ1) is 9.68. The fourth-order valence-electron chi connectivity index (χ4n) is 2.82. The average molecular weight is 321 g/mol. The standard InChI is InChI=1S/C15H20ClF3N2/c1-9-8-21(3)10(2)6-14(9)20-13-5-4-11(16)7-12(13)15(17,18)19/h4-5,7,9-10,14,20H,6,8H2,1-3H3. The molecule has 2 rings (SSSR count). The van der Waals surface area contributed by atoms with Gasteiger partial charge in [0.2, 0.25) is 0 Å². The van der Waals surface area contributed by atoms with Gasteiger partial charge in [-0.1, -0.05) is 18.5 Å². The molecule has 0 saturated carbocycles. The Morgan fingerprint density at radius 3 is 2.57 bits per heavy atom. The van der Waals surface area contributed by atoms with E-state index in [2.05, 4.69) is 24.1 Å². The van der Waals surface area contributed by atoms with Gasteiger partial charge in [0, 0.05) is 29.3 Å². The number of hydrogen-bond acceptors (Lipinski definition) is 2. The van der Waals surface area contributed by atoms with Crippen molar-refractivity contribution in [3.63, 3.8) is 0 Å². The summed E-state index contributed by atoms with van der Waals surface area (Å²) in [4.78, 5) is 2.23. The van der Waals surface area contributed by atoms with Gasteiger partial charge in [-0.15, -0.1) is 0 Å². The molecule has 21 heavy (non-hydrogen) atoms. The molecule has 118 valence electrons. The molecule has 1 fully saturated rings. The van der Waals surface area contributed by atoms with Gasteiger partial charge >= 0.3 is 6.18 Å². The molecule has 1 N–H and O–H groups in total. The molecule has 0 radical (unpaired) electrons. The van der Waals surface area contributed by atoms with Crippen molar-refractivity contribution in [3.05, 3.63) is 28.8 Å². The minimum Gasteiger partial charge on any atom is -0.381 e. The molecule has 3 unspecified atom stereocenters. The van der Waals surface area contributed by atoms with Gasteiger partial charge in [-0.3, -0.25) is 0 Å². The predicted molar refractivity (Wildman–Crippen MR) is 79.7 cm³/mol. The number of anilines is 1. The maximum absolute atomic E-state index is 13.1. The lowest BCUT2D eigenvalue weighted by molar-refractivity contribution is -0.137. The second-order valence-corrected chi connectivity index (χ2v) is 6.38. The summed E-state index contributed by atoms with van der Waals surface area (Å²) in [6.45, 7) is 5.02. The summed E-state index contributed by atoms with van der Waals surface area (Å²) in [5.74, 6) is 0.281. The number of rotatable bonds is 2. The van der Waals surface area contributed by atoms with Gasteiger partial charge in [-0.25, -0.2) is 0 Å². The van der Waals surface area contributed by atoms with Crippen molar-refractivity contribution in [3.8, 4) is 0 Å². The summed E-state index contributed by atoms with van der Waals surface area (Å²) in [6.07, 6.45) is -3.59. The van der Waals surface area contributed by atoms with Crippen molar-refractivity contribution in [2.24, 2.45) is 5.92 Å². The first-order valence-electron chi connectivity index (χ1n) is 7.02. The fraction of sp³-hybridized carbons (Fsp3) is 0.600. The van der Waals surface area contributed by atoms with Crippen LogP contribution < -0.4 is 5.32 Å². The van der Waals surface area contributed by atoms with Crippen molar-refractivity contribution < 1.29 is 13.2 Å². The summed E-state index contributed by atoms with van der Waals surface area (Å²) in [5, 5.41) is 3.17. The molecule has 3 atom stereocenters. The molecule has 0 bridgehead atoms. The van der Waals surface area contributed by atoms with Crippen molar-refractivity contribution in [1.29, 1.82) is 0 Å². The van der Waals surface area contributed by atoms with Crippen LogP contribution in [0.2, 0.25) is 5.02 Å². The van der Waals surface area contributed by atoms with Gasteiger partial charge in [0.25, 0.3) is 0 Å². The Balaban J connectivity index is 2.23. The molecule has 0 amide bonds. The van der Waals surface area contributed by atoms with E-state index in [4.69, 9.17) is 11.6 Å². The Hall–Kier alpha value is -0.940. The van der Waals surface area contributed by atoms with Gasteiger partial charge in [0.1, 0.15) is 0 Å². The molecule has 1 aliphatic heterocycles. The van der Waals surface area contributed by atoms with E-state index >= 15 is 0 Å². The van der Waals surface area contributed by atoms with Gasteiger partial charge in [-0.05, 0) is 44.5 Å². The van der Waals surface area contributed by atoms with E-state index in [1.54, 1.807) is 0 Å². The lowest BCUT2D eigenvalue weighted by Gasteiger charge is -2.40. The van der Waals surface area contributed by atoms with E-state index < -0.39 is 11.7 Å². The highest BCUT2D eigenvalue weighted by atomic mass is 35.5. The summed E-state index contributed by atoms with van der Waals surface area (Å²) in [6, 6.07) is 4.26. The number of likely N-dealkylation sites (tertiary alicyclic amines) is 1. The molecule has 0 aliphatic carbocycles. The van der Waals surface area contributed by atoms with Crippen LogP contribution in [0, 0.1) is 5.92 Å². The van der Waals surface area contributed by atoms with Crippen LogP contribution in [-0.2, 0) is 6.18 Å². The Bertz CT molecular complexity index is 504. The monoisotopic (exact) mass is 320 g/mol. The first kappa shape index (κ1) is 16.4. The largest absolute Gasteiger partial charge is 0.418 e. The predicted octanol–water partition coefficient (Wildman–Crippen LogP) is 4.50. The van der Waals surface area contributed by atoms with Gasteiger partial charge < -0.3 is 10.2 Å². The molecule has 1 aliphatic rings. The maximum Gasteiger partial charge on any atom is 0.418 e. The van der Waals surface area contributed by atoms with E-state index in [1.165, 1.54) is 12.1 Å². The number of nitrogens with zero attached hydrogens (tertiary/aromatic N) is 1. The lowest BCUT2D eigenvalue weighted by atomic mass is 9.89. The Labute approximate surface area is 128 Å². The van der Waals surface area contributed by atoms with Gasteiger partial charge in [0.05, 0.1) is 5.56 Å². The van der Waals surface area contributed by atoms with E-state index in [9.17, 15) is 13.2 Å². The minimum atomic E-state index is -4.41. The molecule has 1 aromatic rings. The molecular weight excluding hydrogens is 301 g/mol. The second-order valence-electron chi connectivity index (χ2n) is 5.94. The van der Waals surface area contributed by atoms with E-state index in [1.807, 2.05) is 7.05 Å². The maximum atomic E-state index is 13.1. The summed E-state index contributed by atoms with van der Waals surface area (Å²) in [7, 11) is 2.04. The van der Waals surface area contributed by atoms with Gasteiger partial charge in [0.15, 0.2) is 0 Å². The molecule has 2 nitrogen and oxygen atoms in total. The normalized spacial score (nSPS) is 27.7. The van der Waals surface area contributed by atoms with Crippen molar-refractivity contribution in [1.82, 2.24) is 4.90 Å². The average Bonchev–Trinajstić information content (AvgIpc) is 2.36. The van der Waals surface area contributed by atoms with E-state index in [0.29, 0.717) is 6.04 Å². The number of alkyl halides is 3. The van der Waals surface area contributed by atoms with E-state index in [0.717, 1.165) is 19.0 Å². The molecule has 0 aromatic heterocycles.